The Morgan fingerprint density at radius 1 is 1.33 bits per heavy atom. The topological polar surface area (TPSA) is 63.3 Å². The molecule has 0 atom stereocenters. The zero-order valence-electron chi connectivity index (χ0n) is 7.88. The molecule has 2 aromatic rings. The van der Waals surface area contributed by atoms with E-state index in [0.29, 0.717) is 5.76 Å². The lowest BCUT2D eigenvalue weighted by atomic mass is 10.1. The van der Waals surface area contributed by atoms with Gasteiger partial charge in [-0.25, -0.2) is 4.98 Å². The summed E-state index contributed by atoms with van der Waals surface area (Å²) in [7, 11) is 0. The molecule has 0 saturated heterocycles. The van der Waals surface area contributed by atoms with E-state index in [1.807, 2.05) is 12.1 Å². The SMILES string of the molecule is O=C(O)Cc1ccc(-c2cnco2)cc1. The maximum absolute atomic E-state index is 10.5. The zero-order chi connectivity index (χ0) is 10.7. The van der Waals surface area contributed by atoms with Gasteiger partial charge in [0.15, 0.2) is 12.2 Å². The van der Waals surface area contributed by atoms with Gasteiger partial charge < -0.3 is 9.52 Å². The van der Waals surface area contributed by atoms with Crippen molar-refractivity contribution in [2.24, 2.45) is 0 Å². The van der Waals surface area contributed by atoms with Gasteiger partial charge in [-0.2, -0.15) is 0 Å². The van der Waals surface area contributed by atoms with Crippen LogP contribution >= 0.6 is 0 Å². The zero-order valence-corrected chi connectivity index (χ0v) is 7.88. The third-order valence-corrected chi connectivity index (χ3v) is 2.03. The number of hydrogen-bond donors (Lipinski definition) is 1. The number of hydrogen-bond acceptors (Lipinski definition) is 3. The van der Waals surface area contributed by atoms with E-state index in [1.165, 1.54) is 6.39 Å². The number of carboxylic acids is 1. The molecule has 1 aromatic carbocycles. The second-order valence-electron chi connectivity index (χ2n) is 3.13. The number of oxazole rings is 1. The van der Waals surface area contributed by atoms with Crippen molar-refractivity contribution in [1.29, 1.82) is 0 Å². The minimum absolute atomic E-state index is 0.0384. The molecule has 1 heterocycles. The molecule has 0 fully saturated rings. The lowest BCUT2D eigenvalue weighted by Gasteiger charge is -1.98. The van der Waals surface area contributed by atoms with Gasteiger partial charge >= 0.3 is 5.97 Å². The van der Waals surface area contributed by atoms with Gasteiger partial charge in [0.25, 0.3) is 0 Å². The van der Waals surface area contributed by atoms with E-state index in [-0.39, 0.29) is 6.42 Å². The fourth-order valence-corrected chi connectivity index (χ4v) is 1.32. The lowest BCUT2D eigenvalue weighted by Crippen LogP contribution is -1.99. The summed E-state index contributed by atoms with van der Waals surface area (Å²) in [6.07, 6.45) is 3.02. The van der Waals surface area contributed by atoms with E-state index in [9.17, 15) is 4.79 Å². The predicted molar refractivity (Wildman–Crippen MR) is 53.3 cm³/mol. The Hall–Kier alpha value is -2.10. The van der Waals surface area contributed by atoms with Gasteiger partial charge in [-0.3, -0.25) is 4.79 Å². The average molecular weight is 203 g/mol. The Balaban J connectivity index is 2.21. The molecular formula is C11H9NO3. The van der Waals surface area contributed by atoms with Crippen LogP contribution in [-0.4, -0.2) is 16.1 Å². The quantitative estimate of drug-likeness (QED) is 0.828. The van der Waals surface area contributed by atoms with Crippen LogP contribution in [0, 0.1) is 0 Å². The Morgan fingerprint density at radius 2 is 2.07 bits per heavy atom. The summed E-state index contributed by atoms with van der Waals surface area (Å²) in [5.41, 5.74) is 1.66. The molecule has 0 spiro atoms. The third-order valence-electron chi connectivity index (χ3n) is 2.03. The Labute approximate surface area is 86.2 Å². The number of aliphatic carboxylic acids is 1. The van der Waals surface area contributed by atoms with Crippen LogP contribution in [-0.2, 0) is 11.2 Å². The molecule has 1 N–H and O–H groups in total. The van der Waals surface area contributed by atoms with Gasteiger partial charge in [0, 0.05) is 5.56 Å². The van der Waals surface area contributed by atoms with E-state index in [1.54, 1.807) is 18.3 Å². The minimum Gasteiger partial charge on any atom is -0.481 e. The van der Waals surface area contributed by atoms with Crippen LogP contribution in [0.1, 0.15) is 5.56 Å². The summed E-state index contributed by atoms with van der Waals surface area (Å²) in [5.74, 6) is -0.153. The third kappa shape index (κ3) is 2.22. The average Bonchev–Trinajstić information content (AvgIpc) is 2.71. The lowest BCUT2D eigenvalue weighted by molar-refractivity contribution is -0.136. The normalized spacial score (nSPS) is 10.1. The molecule has 2 rings (SSSR count). The molecule has 4 nitrogen and oxygen atoms in total. The Kier molecular flexibility index (Phi) is 2.49. The molecule has 0 amide bonds. The molecule has 0 bridgehead atoms. The summed E-state index contributed by atoms with van der Waals surface area (Å²) >= 11 is 0. The van der Waals surface area contributed by atoms with Crippen molar-refractivity contribution in [2.45, 2.75) is 6.42 Å². The van der Waals surface area contributed by atoms with E-state index in [2.05, 4.69) is 4.98 Å². The molecule has 76 valence electrons. The number of benzene rings is 1. The molecule has 4 heteroatoms. The van der Waals surface area contributed by atoms with Crippen LogP contribution in [0.2, 0.25) is 0 Å². The molecular weight excluding hydrogens is 194 g/mol. The number of rotatable bonds is 3. The summed E-state index contributed by atoms with van der Waals surface area (Å²) in [6.45, 7) is 0. The molecule has 0 radical (unpaired) electrons. The largest absolute Gasteiger partial charge is 0.481 e. The smallest absolute Gasteiger partial charge is 0.307 e. The van der Waals surface area contributed by atoms with Gasteiger partial charge in [0.05, 0.1) is 12.6 Å². The second-order valence-corrected chi connectivity index (χ2v) is 3.13. The minimum atomic E-state index is -0.831. The van der Waals surface area contributed by atoms with Crippen molar-refractivity contribution in [3.63, 3.8) is 0 Å². The van der Waals surface area contributed by atoms with Crippen LogP contribution < -0.4 is 0 Å². The summed E-state index contributed by atoms with van der Waals surface area (Å²) < 4.78 is 5.11. The van der Waals surface area contributed by atoms with Crippen LogP contribution in [0.3, 0.4) is 0 Å². The first-order valence-corrected chi connectivity index (χ1v) is 4.45. The molecule has 0 aliphatic rings. The predicted octanol–water partition coefficient (Wildman–Crippen LogP) is 1.97. The van der Waals surface area contributed by atoms with Gasteiger partial charge in [-0.15, -0.1) is 0 Å². The summed E-state index contributed by atoms with van der Waals surface area (Å²) in [6, 6.07) is 7.18. The molecule has 0 saturated carbocycles. The highest BCUT2D eigenvalue weighted by molar-refractivity contribution is 5.70. The van der Waals surface area contributed by atoms with Gasteiger partial charge in [-0.05, 0) is 5.56 Å². The summed E-state index contributed by atoms with van der Waals surface area (Å²) in [5, 5.41) is 8.59. The van der Waals surface area contributed by atoms with Gasteiger partial charge in [0.1, 0.15) is 0 Å². The first-order valence-electron chi connectivity index (χ1n) is 4.45. The van der Waals surface area contributed by atoms with Crippen molar-refractivity contribution in [2.75, 3.05) is 0 Å². The highest BCUT2D eigenvalue weighted by Gasteiger charge is 2.03. The van der Waals surface area contributed by atoms with Crippen LogP contribution in [0.25, 0.3) is 11.3 Å². The molecule has 1 aromatic heterocycles. The highest BCUT2D eigenvalue weighted by atomic mass is 16.4. The first kappa shape index (κ1) is 9.45. The van der Waals surface area contributed by atoms with Crippen molar-refractivity contribution in [3.05, 3.63) is 42.4 Å². The Bertz CT molecular complexity index is 445. The van der Waals surface area contributed by atoms with Crippen molar-refractivity contribution in [1.82, 2.24) is 4.98 Å². The number of carboxylic acid groups (broad SMARTS) is 1. The Morgan fingerprint density at radius 3 is 2.60 bits per heavy atom. The maximum atomic E-state index is 10.5. The van der Waals surface area contributed by atoms with E-state index >= 15 is 0 Å². The number of nitrogens with zero attached hydrogens (tertiary/aromatic N) is 1. The maximum Gasteiger partial charge on any atom is 0.307 e. The van der Waals surface area contributed by atoms with Gasteiger partial charge in [-0.1, -0.05) is 24.3 Å². The summed E-state index contributed by atoms with van der Waals surface area (Å²) in [4.78, 5) is 14.3. The van der Waals surface area contributed by atoms with Crippen LogP contribution in [0.5, 0.6) is 0 Å². The van der Waals surface area contributed by atoms with Crippen LogP contribution in [0.15, 0.2) is 41.3 Å². The number of aromatic nitrogens is 1. The molecule has 15 heavy (non-hydrogen) atoms. The van der Waals surface area contributed by atoms with Crippen LogP contribution in [0.4, 0.5) is 0 Å². The van der Waals surface area contributed by atoms with Crippen molar-refractivity contribution < 1.29 is 14.3 Å². The molecule has 0 unspecified atom stereocenters. The van der Waals surface area contributed by atoms with Crippen molar-refractivity contribution >= 4 is 5.97 Å². The highest BCUT2D eigenvalue weighted by Crippen LogP contribution is 2.18. The first-order chi connectivity index (χ1) is 7.25. The van der Waals surface area contributed by atoms with E-state index in [4.69, 9.17) is 9.52 Å². The number of carbonyl (C=O) groups is 1. The monoisotopic (exact) mass is 203 g/mol. The van der Waals surface area contributed by atoms with Gasteiger partial charge in [0.2, 0.25) is 0 Å². The van der Waals surface area contributed by atoms with E-state index < -0.39 is 5.97 Å². The molecule has 0 aliphatic carbocycles. The van der Waals surface area contributed by atoms with Crippen molar-refractivity contribution in [3.8, 4) is 11.3 Å². The molecule has 0 aliphatic heterocycles. The second kappa shape index (κ2) is 3.96. The van der Waals surface area contributed by atoms with E-state index in [0.717, 1.165) is 11.1 Å². The standard InChI is InChI=1S/C11H9NO3/c13-11(14)5-8-1-3-9(4-2-8)10-6-12-7-15-10/h1-4,6-7H,5H2,(H,13,14). The fourth-order valence-electron chi connectivity index (χ4n) is 1.32. The fraction of sp³-hybridized carbons (Fsp3) is 0.0909.